The Balaban J connectivity index is 2.27. The topological polar surface area (TPSA) is 38.3 Å². The molecule has 23 heavy (non-hydrogen) atoms. The van der Waals surface area contributed by atoms with Gasteiger partial charge in [0.05, 0.1) is 6.61 Å². The van der Waals surface area contributed by atoms with Crippen LogP contribution in [-0.2, 0) is 12.8 Å². The number of benzene rings is 2. The van der Waals surface area contributed by atoms with Crippen LogP contribution in [0, 0.1) is 6.92 Å². The van der Waals surface area contributed by atoms with Gasteiger partial charge in [-0.1, -0.05) is 32.0 Å². The number of anilines is 1. The Morgan fingerprint density at radius 3 is 2.22 bits per heavy atom. The molecule has 0 unspecified atom stereocenters. The fourth-order valence-electron chi connectivity index (χ4n) is 2.70. The summed E-state index contributed by atoms with van der Waals surface area (Å²) in [6, 6.07) is 11.7. The zero-order chi connectivity index (χ0) is 16.8. The number of para-hydroxylation sites is 1. The summed E-state index contributed by atoms with van der Waals surface area (Å²) >= 11 is 0. The molecule has 122 valence electrons. The number of ether oxygens (including phenoxy) is 1. The Hall–Kier alpha value is -2.29. The third kappa shape index (κ3) is 3.92. The molecule has 3 nitrogen and oxygen atoms in total. The molecular formula is C20H25NO2. The highest BCUT2D eigenvalue weighted by molar-refractivity contribution is 6.05. The number of rotatable bonds is 6. The van der Waals surface area contributed by atoms with Crippen molar-refractivity contribution >= 4 is 11.6 Å². The molecule has 0 aliphatic rings. The van der Waals surface area contributed by atoms with E-state index in [4.69, 9.17) is 4.74 Å². The maximum Gasteiger partial charge on any atom is 0.255 e. The van der Waals surface area contributed by atoms with E-state index in [2.05, 4.69) is 31.3 Å². The molecule has 0 saturated carbocycles. The molecule has 0 aliphatic carbocycles. The Labute approximate surface area is 138 Å². The van der Waals surface area contributed by atoms with E-state index in [1.165, 1.54) is 11.1 Å². The summed E-state index contributed by atoms with van der Waals surface area (Å²) in [4.78, 5) is 12.6. The largest absolute Gasteiger partial charge is 0.494 e. The first-order valence-electron chi connectivity index (χ1n) is 8.26. The third-order valence-electron chi connectivity index (χ3n) is 3.97. The molecule has 1 N–H and O–H groups in total. The van der Waals surface area contributed by atoms with E-state index >= 15 is 0 Å². The van der Waals surface area contributed by atoms with Crippen LogP contribution in [0.5, 0.6) is 5.75 Å². The lowest BCUT2D eigenvalue weighted by atomic mass is 10.0. The molecule has 2 aromatic carbocycles. The van der Waals surface area contributed by atoms with Gasteiger partial charge in [-0.3, -0.25) is 4.79 Å². The van der Waals surface area contributed by atoms with Crippen LogP contribution in [0.25, 0.3) is 0 Å². The van der Waals surface area contributed by atoms with Crippen molar-refractivity contribution in [1.29, 1.82) is 0 Å². The van der Waals surface area contributed by atoms with E-state index in [0.29, 0.717) is 12.2 Å². The fourth-order valence-corrected chi connectivity index (χ4v) is 2.70. The molecule has 0 saturated heterocycles. The average molecular weight is 311 g/mol. The number of nitrogens with one attached hydrogen (secondary N) is 1. The number of carbonyl (C=O) groups excluding carboxylic acids is 1. The van der Waals surface area contributed by atoms with Crippen molar-refractivity contribution in [3.8, 4) is 5.75 Å². The highest BCUT2D eigenvalue weighted by Gasteiger charge is 2.13. The van der Waals surface area contributed by atoms with Crippen LogP contribution < -0.4 is 10.1 Å². The minimum atomic E-state index is -0.0771. The third-order valence-corrected chi connectivity index (χ3v) is 3.97. The summed E-state index contributed by atoms with van der Waals surface area (Å²) in [6.07, 6.45) is 1.79. The van der Waals surface area contributed by atoms with Crippen molar-refractivity contribution in [3.63, 3.8) is 0 Å². The van der Waals surface area contributed by atoms with Gasteiger partial charge in [0.25, 0.3) is 5.91 Å². The van der Waals surface area contributed by atoms with Crippen LogP contribution in [-0.4, -0.2) is 12.5 Å². The predicted octanol–water partition coefficient (Wildman–Crippen LogP) is 4.77. The quantitative estimate of drug-likeness (QED) is 0.834. The van der Waals surface area contributed by atoms with Gasteiger partial charge in [0.2, 0.25) is 0 Å². The van der Waals surface area contributed by atoms with Crippen LogP contribution in [0.15, 0.2) is 36.4 Å². The first-order chi connectivity index (χ1) is 11.1. The maximum atomic E-state index is 12.6. The SMILES string of the molecule is CCOc1ccc(C(=O)Nc2c(CC)cccc2CC)cc1C. The summed E-state index contributed by atoms with van der Waals surface area (Å²) in [6.45, 7) is 8.74. The van der Waals surface area contributed by atoms with Gasteiger partial charge in [0, 0.05) is 11.3 Å². The highest BCUT2D eigenvalue weighted by Crippen LogP contribution is 2.24. The second-order valence-electron chi connectivity index (χ2n) is 5.53. The molecule has 0 heterocycles. The first-order valence-corrected chi connectivity index (χ1v) is 8.26. The van der Waals surface area contributed by atoms with Gasteiger partial charge in [-0.2, -0.15) is 0 Å². The lowest BCUT2D eigenvalue weighted by Crippen LogP contribution is -2.15. The molecule has 1 amide bonds. The Morgan fingerprint density at radius 1 is 1.04 bits per heavy atom. The van der Waals surface area contributed by atoms with Crippen molar-refractivity contribution in [2.75, 3.05) is 11.9 Å². The van der Waals surface area contributed by atoms with E-state index in [9.17, 15) is 4.79 Å². The van der Waals surface area contributed by atoms with Crippen molar-refractivity contribution < 1.29 is 9.53 Å². The molecule has 0 aliphatic heterocycles. The number of hydrogen-bond donors (Lipinski definition) is 1. The van der Waals surface area contributed by atoms with Gasteiger partial charge in [0.15, 0.2) is 0 Å². The second kappa shape index (κ2) is 7.82. The van der Waals surface area contributed by atoms with Crippen LogP contribution in [0.3, 0.4) is 0 Å². The zero-order valence-electron chi connectivity index (χ0n) is 14.4. The van der Waals surface area contributed by atoms with Gasteiger partial charge >= 0.3 is 0 Å². The van der Waals surface area contributed by atoms with Crippen molar-refractivity contribution in [2.45, 2.75) is 40.5 Å². The Morgan fingerprint density at radius 2 is 1.70 bits per heavy atom. The molecule has 0 bridgehead atoms. The van der Waals surface area contributed by atoms with Crippen molar-refractivity contribution in [2.24, 2.45) is 0 Å². The van der Waals surface area contributed by atoms with E-state index in [1.807, 2.05) is 38.1 Å². The summed E-state index contributed by atoms with van der Waals surface area (Å²) in [5.41, 5.74) is 4.91. The number of amides is 1. The predicted molar refractivity (Wildman–Crippen MR) is 95.5 cm³/mol. The van der Waals surface area contributed by atoms with Crippen LogP contribution in [0.2, 0.25) is 0 Å². The van der Waals surface area contributed by atoms with Gasteiger partial charge < -0.3 is 10.1 Å². The zero-order valence-corrected chi connectivity index (χ0v) is 14.4. The lowest BCUT2D eigenvalue weighted by Gasteiger charge is -2.15. The number of carbonyl (C=O) groups is 1. The summed E-state index contributed by atoms with van der Waals surface area (Å²) in [5, 5.41) is 3.10. The van der Waals surface area contributed by atoms with Gasteiger partial charge in [-0.05, 0) is 61.6 Å². The van der Waals surface area contributed by atoms with Crippen molar-refractivity contribution in [3.05, 3.63) is 58.7 Å². The Kier molecular flexibility index (Phi) is 5.80. The molecule has 0 fully saturated rings. The molecule has 2 aromatic rings. The molecule has 0 atom stereocenters. The molecule has 0 radical (unpaired) electrons. The van der Waals surface area contributed by atoms with Gasteiger partial charge in [-0.15, -0.1) is 0 Å². The lowest BCUT2D eigenvalue weighted by molar-refractivity contribution is 0.102. The summed E-state index contributed by atoms with van der Waals surface area (Å²) < 4.78 is 5.53. The number of aryl methyl sites for hydroxylation is 3. The normalized spacial score (nSPS) is 10.4. The fraction of sp³-hybridized carbons (Fsp3) is 0.350. The van der Waals surface area contributed by atoms with E-state index in [1.54, 1.807) is 0 Å². The van der Waals surface area contributed by atoms with E-state index in [-0.39, 0.29) is 5.91 Å². The molecule has 2 rings (SSSR count). The summed E-state index contributed by atoms with van der Waals surface area (Å²) in [5.74, 6) is 0.749. The molecule has 0 spiro atoms. The van der Waals surface area contributed by atoms with Gasteiger partial charge in [0.1, 0.15) is 5.75 Å². The average Bonchev–Trinajstić information content (AvgIpc) is 2.56. The summed E-state index contributed by atoms with van der Waals surface area (Å²) in [7, 11) is 0. The maximum absolute atomic E-state index is 12.6. The standard InChI is InChI=1S/C20H25NO2/c1-5-15-9-8-10-16(6-2)19(15)21-20(22)17-11-12-18(23-7-3)14(4)13-17/h8-13H,5-7H2,1-4H3,(H,21,22). The Bertz CT molecular complexity index is 670. The van der Waals surface area contributed by atoms with Crippen LogP contribution in [0.1, 0.15) is 47.8 Å². The van der Waals surface area contributed by atoms with Crippen LogP contribution >= 0.6 is 0 Å². The van der Waals surface area contributed by atoms with E-state index in [0.717, 1.165) is 29.8 Å². The minimum Gasteiger partial charge on any atom is -0.494 e. The second-order valence-corrected chi connectivity index (χ2v) is 5.53. The molecule has 3 heteroatoms. The molecule has 0 aromatic heterocycles. The van der Waals surface area contributed by atoms with Crippen LogP contribution in [0.4, 0.5) is 5.69 Å². The minimum absolute atomic E-state index is 0.0771. The monoisotopic (exact) mass is 311 g/mol. The van der Waals surface area contributed by atoms with Crippen molar-refractivity contribution in [1.82, 2.24) is 0 Å². The highest BCUT2D eigenvalue weighted by atomic mass is 16.5. The van der Waals surface area contributed by atoms with E-state index < -0.39 is 0 Å². The van der Waals surface area contributed by atoms with Gasteiger partial charge in [-0.25, -0.2) is 0 Å². The number of hydrogen-bond acceptors (Lipinski definition) is 2. The smallest absolute Gasteiger partial charge is 0.255 e. The molecular weight excluding hydrogens is 286 g/mol. The first kappa shape index (κ1) is 17.1.